The van der Waals surface area contributed by atoms with Crippen molar-refractivity contribution < 1.29 is 23.5 Å². The van der Waals surface area contributed by atoms with E-state index in [1.54, 1.807) is 6.08 Å². The van der Waals surface area contributed by atoms with Crippen molar-refractivity contribution in [2.45, 2.75) is 103 Å². The molecule has 3 atom stereocenters. The first kappa shape index (κ1) is 31.8. The van der Waals surface area contributed by atoms with Gasteiger partial charge < -0.3 is 14.5 Å². The number of carbonyl (C=O) groups is 3. The number of amides is 3. The Labute approximate surface area is 230 Å². The van der Waals surface area contributed by atoms with Crippen molar-refractivity contribution in [2.24, 2.45) is 5.92 Å². The van der Waals surface area contributed by atoms with E-state index in [4.69, 9.17) is 9.16 Å². The van der Waals surface area contributed by atoms with Crippen LogP contribution < -0.4 is 5.32 Å². The summed E-state index contributed by atoms with van der Waals surface area (Å²) >= 11 is 0. The van der Waals surface area contributed by atoms with Gasteiger partial charge in [0.15, 0.2) is 8.32 Å². The molecule has 0 spiro atoms. The van der Waals surface area contributed by atoms with Crippen LogP contribution in [0.3, 0.4) is 0 Å². The quantitative estimate of drug-likeness (QED) is 0.197. The van der Waals surface area contributed by atoms with Crippen LogP contribution in [-0.2, 0) is 25.2 Å². The lowest BCUT2D eigenvalue weighted by Gasteiger charge is -2.39. The summed E-state index contributed by atoms with van der Waals surface area (Å²) in [5, 5.41) is 3.02. The van der Waals surface area contributed by atoms with E-state index in [9.17, 15) is 14.4 Å². The first-order chi connectivity index (χ1) is 18.0. The lowest BCUT2D eigenvalue weighted by molar-refractivity contribution is -0.136. The molecule has 0 saturated carbocycles. The SMILES string of the molecule is C=CC[C@H](CC(=O)N[C@@H](C)CO[Si](CCCC)(C(C)C)C(C)C)C(=O)N1C(=O)OC[C@@H]1Cc1ccccc1. The Kier molecular flexibility index (Phi) is 12.7. The smallest absolute Gasteiger partial charge is 0.416 e. The van der Waals surface area contributed by atoms with Crippen LogP contribution in [-0.4, -0.2) is 56.4 Å². The van der Waals surface area contributed by atoms with Crippen LogP contribution >= 0.6 is 0 Å². The van der Waals surface area contributed by atoms with Crippen molar-refractivity contribution in [3.05, 3.63) is 48.6 Å². The number of nitrogens with zero attached hydrogens (tertiary/aromatic N) is 1. The molecule has 3 amide bonds. The first-order valence-electron chi connectivity index (χ1n) is 14.1. The molecular formula is C30H48N2O5Si. The third-order valence-electron chi connectivity index (χ3n) is 7.63. The number of rotatable bonds is 16. The molecule has 7 nitrogen and oxygen atoms in total. The van der Waals surface area contributed by atoms with Gasteiger partial charge in [0, 0.05) is 12.5 Å². The van der Waals surface area contributed by atoms with Gasteiger partial charge in [0.25, 0.3) is 0 Å². The van der Waals surface area contributed by atoms with E-state index in [0.29, 0.717) is 30.5 Å². The molecule has 1 N–H and O–H groups in total. The third-order valence-corrected chi connectivity index (χ3v) is 13.4. The van der Waals surface area contributed by atoms with Crippen molar-refractivity contribution in [3.8, 4) is 0 Å². The fraction of sp³-hybridized carbons (Fsp3) is 0.633. The minimum absolute atomic E-state index is 0.0240. The molecule has 2 rings (SSSR count). The van der Waals surface area contributed by atoms with Crippen LogP contribution in [0.25, 0.3) is 0 Å². The molecule has 1 aliphatic rings. The maximum atomic E-state index is 13.5. The van der Waals surface area contributed by atoms with Crippen molar-refractivity contribution in [1.29, 1.82) is 0 Å². The molecule has 38 heavy (non-hydrogen) atoms. The Morgan fingerprint density at radius 3 is 2.42 bits per heavy atom. The van der Waals surface area contributed by atoms with E-state index in [1.165, 1.54) is 4.90 Å². The lowest BCUT2D eigenvalue weighted by Crippen LogP contribution is -2.48. The summed E-state index contributed by atoms with van der Waals surface area (Å²) in [5.41, 5.74) is 1.98. The second-order valence-corrected chi connectivity index (χ2v) is 16.2. The Hall–Kier alpha value is -2.45. The number of carbonyl (C=O) groups excluding carboxylic acids is 3. The molecule has 1 fully saturated rings. The van der Waals surface area contributed by atoms with E-state index in [0.717, 1.165) is 24.4 Å². The molecule has 1 aliphatic heterocycles. The van der Waals surface area contributed by atoms with Gasteiger partial charge in [-0.1, -0.05) is 83.9 Å². The van der Waals surface area contributed by atoms with Gasteiger partial charge in [-0.05, 0) is 42.5 Å². The predicted octanol–water partition coefficient (Wildman–Crippen LogP) is 6.25. The Balaban J connectivity index is 2.02. The average molecular weight is 545 g/mol. The molecule has 0 unspecified atom stereocenters. The monoisotopic (exact) mass is 544 g/mol. The van der Waals surface area contributed by atoms with Gasteiger partial charge in [0.05, 0.1) is 18.6 Å². The molecule has 1 aromatic rings. The minimum Gasteiger partial charge on any atom is -0.447 e. The standard InChI is InChI=1S/C30H48N2O5Si/c1-8-10-17-38(22(3)4,23(5)6)37-20-24(7)31-28(33)19-26(14-9-2)29(34)32-27(21-36-30(32)35)18-25-15-12-11-13-16-25/h9,11-13,15-16,22-24,26-27H,2,8,10,14,17-21H2,1,3-7H3,(H,31,33)/t24-,26+,27-/m0/s1. The zero-order valence-corrected chi connectivity index (χ0v) is 25.2. The second kappa shape index (κ2) is 15.2. The number of unbranched alkanes of at least 4 members (excludes halogenated alkanes) is 1. The predicted molar refractivity (Wildman–Crippen MR) is 154 cm³/mol. The molecule has 0 bridgehead atoms. The number of hydrogen-bond acceptors (Lipinski definition) is 5. The maximum Gasteiger partial charge on any atom is 0.416 e. The van der Waals surface area contributed by atoms with E-state index >= 15 is 0 Å². The van der Waals surface area contributed by atoms with Crippen molar-refractivity contribution in [1.82, 2.24) is 10.2 Å². The summed E-state index contributed by atoms with van der Waals surface area (Å²) in [6.45, 7) is 17.5. The molecule has 1 saturated heterocycles. The lowest BCUT2D eigenvalue weighted by atomic mass is 9.97. The Morgan fingerprint density at radius 2 is 1.84 bits per heavy atom. The largest absolute Gasteiger partial charge is 0.447 e. The van der Waals surface area contributed by atoms with Gasteiger partial charge in [0.2, 0.25) is 11.8 Å². The minimum atomic E-state index is -1.99. The molecule has 8 heteroatoms. The zero-order valence-electron chi connectivity index (χ0n) is 24.2. The summed E-state index contributed by atoms with van der Waals surface area (Å²) in [6, 6.07) is 10.2. The number of imide groups is 1. The summed E-state index contributed by atoms with van der Waals surface area (Å²) in [4.78, 5) is 40.1. The number of nitrogens with one attached hydrogen (secondary N) is 1. The van der Waals surface area contributed by atoms with E-state index in [2.05, 4.69) is 46.5 Å². The van der Waals surface area contributed by atoms with Gasteiger partial charge >= 0.3 is 6.09 Å². The molecule has 0 aromatic heterocycles. The third kappa shape index (κ3) is 8.53. The van der Waals surface area contributed by atoms with E-state index < -0.39 is 32.3 Å². The highest BCUT2D eigenvalue weighted by Crippen LogP contribution is 2.38. The van der Waals surface area contributed by atoms with Crippen LogP contribution in [0.1, 0.15) is 72.8 Å². The summed E-state index contributed by atoms with van der Waals surface area (Å²) in [7, 11) is -1.99. The van der Waals surface area contributed by atoms with Gasteiger partial charge in [-0.15, -0.1) is 6.58 Å². The van der Waals surface area contributed by atoms with Crippen LogP contribution in [0, 0.1) is 5.92 Å². The normalized spacial score (nSPS) is 17.4. The number of hydrogen-bond donors (Lipinski definition) is 1. The topological polar surface area (TPSA) is 84.9 Å². The van der Waals surface area contributed by atoms with Crippen LogP contribution in [0.2, 0.25) is 17.1 Å². The van der Waals surface area contributed by atoms with Crippen molar-refractivity contribution >= 4 is 26.2 Å². The molecule has 212 valence electrons. The fourth-order valence-corrected chi connectivity index (χ4v) is 10.2. The second-order valence-electron chi connectivity index (χ2n) is 11.2. The number of cyclic esters (lactones) is 1. The van der Waals surface area contributed by atoms with Gasteiger partial charge in [0.1, 0.15) is 6.61 Å². The average Bonchev–Trinajstić information content (AvgIpc) is 3.23. The molecule has 0 aliphatic carbocycles. The van der Waals surface area contributed by atoms with Gasteiger partial charge in [-0.25, -0.2) is 9.69 Å². The van der Waals surface area contributed by atoms with Crippen molar-refractivity contribution in [2.75, 3.05) is 13.2 Å². The Morgan fingerprint density at radius 1 is 1.18 bits per heavy atom. The molecular weight excluding hydrogens is 496 g/mol. The van der Waals surface area contributed by atoms with Crippen LogP contribution in [0.4, 0.5) is 4.79 Å². The van der Waals surface area contributed by atoms with Gasteiger partial charge in [-0.3, -0.25) is 9.59 Å². The summed E-state index contributed by atoms with van der Waals surface area (Å²) in [6.07, 6.45) is 4.04. The Bertz CT molecular complexity index is 912. The summed E-state index contributed by atoms with van der Waals surface area (Å²) in [5.74, 6) is -1.31. The maximum absolute atomic E-state index is 13.5. The first-order valence-corrected chi connectivity index (χ1v) is 16.4. The van der Waals surface area contributed by atoms with Crippen LogP contribution in [0.5, 0.6) is 0 Å². The summed E-state index contributed by atoms with van der Waals surface area (Å²) < 4.78 is 11.9. The highest BCUT2D eigenvalue weighted by Gasteiger charge is 2.42. The van der Waals surface area contributed by atoms with E-state index in [-0.39, 0.29) is 25.0 Å². The van der Waals surface area contributed by atoms with Gasteiger partial charge in [-0.2, -0.15) is 0 Å². The molecule has 0 radical (unpaired) electrons. The van der Waals surface area contributed by atoms with E-state index in [1.807, 2.05) is 37.3 Å². The van der Waals surface area contributed by atoms with Crippen LogP contribution in [0.15, 0.2) is 43.0 Å². The highest BCUT2D eigenvalue weighted by atomic mass is 28.4. The number of benzene rings is 1. The number of ether oxygens (including phenoxy) is 1. The fourth-order valence-electron chi connectivity index (χ4n) is 5.42. The van der Waals surface area contributed by atoms with Crippen molar-refractivity contribution in [3.63, 3.8) is 0 Å². The zero-order chi connectivity index (χ0) is 28.3. The molecule has 1 aromatic carbocycles. The molecule has 1 heterocycles. The highest BCUT2D eigenvalue weighted by molar-refractivity contribution is 6.76. The number of allylic oxidation sites excluding steroid dienone is 1.